The summed E-state index contributed by atoms with van der Waals surface area (Å²) in [4.78, 5) is 0.326. The highest BCUT2D eigenvalue weighted by Gasteiger charge is 2.33. The molecule has 0 spiro atoms. The maximum Gasteiger partial charge on any atom is 0.247 e. The van der Waals surface area contributed by atoms with Gasteiger partial charge in [-0.2, -0.15) is 9.40 Å². The third-order valence-corrected chi connectivity index (χ3v) is 6.32. The van der Waals surface area contributed by atoms with E-state index >= 15 is 0 Å². The summed E-state index contributed by atoms with van der Waals surface area (Å²) in [5, 5.41) is 10.2. The van der Waals surface area contributed by atoms with Gasteiger partial charge in [-0.05, 0) is 47.1 Å². The highest BCUT2D eigenvalue weighted by Crippen LogP contribution is 2.24. The van der Waals surface area contributed by atoms with Crippen molar-refractivity contribution in [3.8, 4) is 0 Å². The number of nitrogens with zero attached hydrogens (tertiary/aromatic N) is 2. The fraction of sp³-hybridized carbons (Fsp3) is 0.786. The summed E-state index contributed by atoms with van der Waals surface area (Å²) in [6, 6.07) is 0.163. The van der Waals surface area contributed by atoms with E-state index in [-0.39, 0.29) is 12.1 Å². The molecule has 1 aromatic rings. The molecular weight excluding hydrogens is 288 g/mol. The minimum Gasteiger partial charge on any atom is -0.313 e. The molecule has 1 unspecified atom stereocenters. The summed E-state index contributed by atoms with van der Waals surface area (Å²) in [6.07, 6.45) is 3.36. The zero-order chi connectivity index (χ0) is 15.6. The second-order valence-electron chi connectivity index (χ2n) is 6.08. The van der Waals surface area contributed by atoms with Crippen LogP contribution in [0.15, 0.2) is 4.90 Å². The first kappa shape index (κ1) is 16.5. The molecule has 1 atom stereocenters. The summed E-state index contributed by atoms with van der Waals surface area (Å²) in [6.45, 7) is 8.82. The van der Waals surface area contributed by atoms with Crippen molar-refractivity contribution in [1.29, 1.82) is 0 Å². The fourth-order valence-electron chi connectivity index (χ4n) is 2.92. The number of piperidine rings is 1. The van der Waals surface area contributed by atoms with Crippen LogP contribution in [0, 0.1) is 13.8 Å². The van der Waals surface area contributed by atoms with Crippen LogP contribution in [0.5, 0.6) is 0 Å². The third kappa shape index (κ3) is 3.46. The van der Waals surface area contributed by atoms with Gasteiger partial charge in [-0.1, -0.05) is 6.42 Å². The van der Waals surface area contributed by atoms with Crippen molar-refractivity contribution in [2.24, 2.45) is 0 Å². The van der Waals surface area contributed by atoms with Gasteiger partial charge in [-0.25, -0.2) is 8.42 Å². The molecule has 1 fully saturated rings. The van der Waals surface area contributed by atoms with Crippen molar-refractivity contribution in [2.75, 3.05) is 13.1 Å². The van der Waals surface area contributed by atoms with Crippen LogP contribution in [-0.2, 0) is 10.0 Å². The monoisotopic (exact) mass is 314 g/mol. The molecule has 0 aromatic carbocycles. The minimum atomic E-state index is -3.52. The second kappa shape index (κ2) is 6.46. The number of hydrogen-bond acceptors (Lipinski definition) is 4. The van der Waals surface area contributed by atoms with E-state index in [1.54, 1.807) is 18.2 Å². The van der Waals surface area contributed by atoms with Gasteiger partial charge in [0.15, 0.2) is 0 Å². The first-order valence-electron chi connectivity index (χ1n) is 7.61. The number of aromatic nitrogens is 2. The van der Waals surface area contributed by atoms with Crippen LogP contribution in [0.25, 0.3) is 0 Å². The topological polar surface area (TPSA) is 78.1 Å². The van der Waals surface area contributed by atoms with Gasteiger partial charge in [0, 0.05) is 18.6 Å². The number of aryl methyl sites for hydroxylation is 2. The number of sulfonamides is 1. The predicted octanol–water partition coefficient (Wildman–Crippen LogP) is 1.57. The van der Waals surface area contributed by atoms with Gasteiger partial charge < -0.3 is 5.32 Å². The molecule has 2 heterocycles. The lowest BCUT2D eigenvalue weighted by Gasteiger charge is -2.32. The van der Waals surface area contributed by atoms with E-state index < -0.39 is 10.0 Å². The first-order valence-corrected chi connectivity index (χ1v) is 9.05. The van der Waals surface area contributed by atoms with Crippen LogP contribution >= 0.6 is 0 Å². The molecular formula is C14H26N4O2S. The Morgan fingerprint density at radius 1 is 1.33 bits per heavy atom. The average molecular weight is 314 g/mol. The molecule has 0 bridgehead atoms. The van der Waals surface area contributed by atoms with Crippen LogP contribution in [0.4, 0.5) is 0 Å². The molecule has 0 radical (unpaired) electrons. The van der Waals surface area contributed by atoms with E-state index in [1.165, 1.54) is 6.42 Å². The van der Waals surface area contributed by atoms with Gasteiger partial charge in [-0.3, -0.25) is 5.10 Å². The molecule has 0 aliphatic carbocycles. The summed E-state index contributed by atoms with van der Waals surface area (Å²) in [7, 11) is -3.52. The molecule has 0 saturated carbocycles. The highest BCUT2D eigenvalue weighted by molar-refractivity contribution is 7.89. The van der Waals surface area contributed by atoms with Crippen molar-refractivity contribution >= 4 is 10.0 Å². The standard InChI is InChI=1S/C14H26N4O2S/c1-10(2)18(9-13-7-5-6-8-15-13)21(19,20)14-11(3)16-17-12(14)4/h10,13,15H,5-9H2,1-4H3,(H,16,17). The van der Waals surface area contributed by atoms with Crippen LogP contribution < -0.4 is 5.32 Å². The van der Waals surface area contributed by atoms with Crippen LogP contribution in [-0.4, -0.2) is 48.1 Å². The quantitative estimate of drug-likeness (QED) is 0.865. The van der Waals surface area contributed by atoms with Crippen molar-refractivity contribution in [2.45, 2.75) is 63.9 Å². The zero-order valence-electron chi connectivity index (χ0n) is 13.3. The van der Waals surface area contributed by atoms with Crippen molar-refractivity contribution in [1.82, 2.24) is 19.8 Å². The van der Waals surface area contributed by atoms with E-state index in [2.05, 4.69) is 15.5 Å². The van der Waals surface area contributed by atoms with E-state index in [0.717, 1.165) is 19.4 Å². The van der Waals surface area contributed by atoms with Gasteiger partial charge >= 0.3 is 0 Å². The van der Waals surface area contributed by atoms with Gasteiger partial charge in [-0.15, -0.1) is 0 Å². The SMILES string of the molecule is Cc1n[nH]c(C)c1S(=O)(=O)N(CC1CCCCN1)C(C)C. The molecule has 0 amide bonds. The molecule has 120 valence electrons. The Morgan fingerprint density at radius 3 is 2.52 bits per heavy atom. The number of H-pyrrole nitrogens is 1. The largest absolute Gasteiger partial charge is 0.313 e. The number of aromatic amines is 1. The van der Waals surface area contributed by atoms with Crippen LogP contribution in [0.2, 0.25) is 0 Å². The summed E-state index contributed by atoms with van der Waals surface area (Å²) in [5.41, 5.74) is 1.14. The van der Waals surface area contributed by atoms with Gasteiger partial charge in [0.25, 0.3) is 0 Å². The molecule has 1 aliphatic heterocycles. The lowest BCUT2D eigenvalue weighted by Crippen LogP contribution is -2.48. The molecule has 1 aliphatic rings. The van der Waals surface area contributed by atoms with E-state index in [0.29, 0.717) is 22.8 Å². The highest BCUT2D eigenvalue weighted by atomic mass is 32.2. The van der Waals surface area contributed by atoms with Crippen molar-refractivity contribution in [3.05, 3.63) is 11.4 Å². The second-order valence-corrected chi connectivity index (χ2v) is 7.91. The summed E-state index contributed by atoms with van der Waals surface area (Å²) in [5.74, 6) is 0. The predicted molar refractivity (Wildman–Crippen MR) is 82.7 cm³/mol. The van der Waals surface area contributed by atoms with E-state index in [9.17, 15) is 8.42 Å². The smallest absolute Gasteiger partial charge is 0.247 e. The van der Waals surface area contributed by atoms with Gasteiger partial charge in [0.05, 0.1) is 11.4 Å². The lowest BCUT2D eigenvalue weighted by atomic mass is 10.1. The molecule has 1 aromatic heterocycles. The molecule has 21 heavy (non-hydrogen) atoms. The third-order valence-electron chi connectivity index (χ3n) is 4.02. The Bertz CT molecular complexity index is 554. The number of nitrogens with one attached hydrogen (secondary N) is 2. The molecule has 2 N–H and O–H groups in total. The van der Waals surface area contributed by atoms with Crippen LogP contribution in [0.3, 0.4) is 0 Å². The maximum absolute atomic E-state index is 13.0. The Morgan fingerprint density at radius 2 is 2.05 bits per heavy atom. The Hall–Kier alpha value is -0.920. The fourth-order valence-corrected chi connectivity index (χ4v) is 4.94. The molecule has 7 heteroatoms. The Kier molecular flexibility index (Phi) is 5.06. The zero-order valence-corrected chi connectivity index (χ0v) is 14.1. The first-order chi connectivity index (χ1) is 9.84. The average Bonchev–Trinajstić information content (AvgIpc) is 2.76. The van der Waals surface area contributed by atoms with Gasteiger partial charge in [0.1, 0.15) is 4.90 Å². The van der Waals surface area contributed by atoms with Crippen molar-refractivity contribution < 1.29 is 8.42 Å². The minimum absolute atomic E-state index is 0.0765. The molecule has 2 rings (SSSR count). The molecule has 1 saturated heterocycles. The number of hydrogen-bond donors (Lipinski definition) is 2. The Balaban J connectivity index is 2.28. The summed E-state index contributed by atoms with van der Waals surface area (Å²) >= 11 is 0. The van der Waals surface area contributed by atoms with Crippen molar-refractivity contribution in [3.63, 3.8) is 0 Å². The number of rotatable bonds is 5. The lowest BCUT2D eigenvalue weighted by molar-refractivity contribution is 0.282. The van der Waals surface area contributed by atoms with Crippen LogP contribution in [0.1, 0.15) is 44.5 Å². The summed E-state index contributed by atoms with van der Waals surface area (Å²) < 4.78 is 27.6. The normalized spacial score (nSPS) is 20.4. The van der Waals surface area contributed by atoms with E-state index in [1.807, 2.05) is 13.8 Å². The van der Waals surface area contributed by atoms with E-state index in [4.69, 9.17) is 0 Å². The van der Waals surface area contributed by atoms with Gasteiger partial charge in [0.2, 0.25) is 10.0 Å². The molecule has 6 nitrogen and oxygen atoms in total. The Labute approximate surface area is 127 Å². The maximum atomic E-state index is 13.0.